The number of halogens is 3. The van der Waals surface area contributed by atoms with E-state index in [2.05, 4.69) is 0 Å². The zero-order valence-electron chi connectivity index (χ0n) is 9.46. The van der Waals surface area contributed by atoms with Crippen molar-refractivity contribution in [2.75, 3.05) is 5.32 Å². The van der Waals surface area contributed by atoms with Crippen LogP contribution in [-0.4, -0.2) is 17.0 Å². The normalized spacial score (nSPS) is 11.2. The van der Waals surface area contributed by atoms with Crippen molar-refractivity contribution in [3.05, 3.63) is 33.4 Å². The maximum absolute atomic E-state index is 12.1. The third kappa shape index (κ3) is 2.76. The van der Waals surface area contributed by atoms with E-state index in [1.807, 2.05) is 0 Å². The van der Waals surface area contributed by atoms with Crippen LogP contribution >= 0.6 is 0 Å². The highest BCUT2D eigenvalue weighted by Gasteiger charge is 2.40. The first-order valence-corrected chi connectivity index (χ1v) is 4.77. The number of carbonyl (C=O) groups excluding carboxylic acids is 1. The van der Waals surface area contributed by atoms with Crippen molar-refractivity contribution in [3.8, 4) is 0 Å². The molecule has 0 fully saturated rings. The van der Waals surface area contributed by atoms with Crippen LogP contribution in [0.15, 0.2) is 12.1 Å². The maximum atomic E-state index is 12.1. The molecule has 0 aromatic heterocycles. The van der Waals surface area contributed by atoms with Gasteiger partial charge < -0.3 is 5.32 Å². The molecular formula is C10H9F3N2O3. The van der Waals surface area contributed by atoms with E-state index in [-0.39, 0.29) is 5.56 Å². The van der Waals surface area contributed by atoms with E-state index in [0.29, 0.717) is 5.56 Å². The fourth-order valence-corrected chi connectivity index (χ4v) is 1.30. The van der Waals surface area contributed by atoms with Crippen LogP contribution in [-0.2, 0) is 4.79 Å². The Morgan fingerprint density at radius 1 is 1.33 bits per heavy atom. The fourth-order valence-electron chi connectivity index (χ4n) is 1.30. The van der Waals surface area contributed by atoms with Gasteiger partial charge in [0.05, 0.1) is 4.92 Å². The van der Waals surface area contributed by atoms with Crippen molar-refractivity contribution in [3.63, 3.8) is 0 Å². The van der Waals surface area contributed by atoms with Crippen molar-refractivity contribution in [2.45, 2.75) is 20.0 Å². The predicted molar refractivity (Wildman–Crippen MR) is 57.3 cm³/mol. The quantitative estimate of drug-likeness (QED) is 0.657. The van der Waals surface area contributed by atoms with Crippen molar-refractivity contribution < 1.29 is 22.9 Å². The van der Waals surface area contributed by atoms with Gasteiger partial charge in [0.15, 0.2) is 0 Å². The number of nitrogens with zero attached hydrogens (tertiary/aromatic N) is 1. The molecule has 1 rings (SSSR count). The van der Waals surface area contributed by atoms with E-state index in [0.717, 1.165) is 6.07 Å². The van der Waals surface area contributed by atoms with Crippen LogP contribution in [0.5, 0.6) is 0 Å². The van der Waals surface area contributed by atoms with Crippen molar-refractivity contribution in [1.82, 2.24) is 0 Å². The number of alkyl halides is 3. The lowest BCUT2D eigenvalue weighted by Gasteiger charge is -2.12. The third-order valence-electron chi connectivity index (χ3n) is 2.41. The average Bonchev–Trinajstić information content (AvgIpc) is 2.23. The molecule has 0 saturated carbocycles. The summed E-state index contributed by atoms with van der Waals surface area (Å²) in [4.78, 5) is 20.7. The Kier molecular flexibility index (Phi) is 3.59. The van der Waals surface area contributed by atoms with Crippen LogP contribution in [0.4, 0.5) is 24.5 Å². The van der Waals surface area contributed by atoms with Gasteiger partial charge >= 0.3 is 12.1 Å². The Morgan fingerprint density at radius 3 is 2.33 bits per heavy atom. The summed E-state index contributed by atoms with van der Waals surface area (Å²) in [6.07, 6.45) is -5.09. The number of rotatable bonds is 2. The summed E-state index contributed by atoms with van der Waals surface area (Å²) in [6.45, 7) is 2.97. The second-order valence-corrected chi connectivity index (χ2v) is 3.61. The highest BCUT2D eigenvalue weighted by molar-refractivity contribution is 5.97. The number of benzene rings is 1. The Labute approximate surface area is 99.8 Å². The van der Waals surface area contributed by atoms with Crippen LogP contribution in [0.3, 0.4) is 0 Å². The van der Waals surface area contributed by atoms with E-state index in [9.17, 15) is 28.1 Å². The third-order valence-corrected chi connectivity index (χ3v) is 2.41. The number of nitro groups is 1. The van der Waals surface area contributed by atoms with E-state index in [1.54, 1.807) is 6.92 Å². The number of carbonyl (C=O) groups is 1. The molecular weight excluding hydrogens is 253 g/mol. The highest BCUT2D eigenvalue weighted by atomic mass is 19.4. The molecule has 0 aliphatic rings. The summed E-state index contributed by atoms with van der Waals surface area (Å²) in [5.41, 5.74) is -0.238. The van der Waals surface area contributed by atoms with Crippen molar-refractivity contribution in [1.29, 1.82) is 0 Å². The molecule has 0 atom stereocenters. The zero-order chi connectivity index (χ0) is 14.1. The summed E-state index contributed by atoms with van der Waals surface area (Å²) < 4.78 is 36.4. The van der Waals surface area contributed by atoms with Crippen LogP contribution in [0.1, 0.15) is 11.1 Å². The Bertz CT molecular complexity index is 512. The van der Waals surface area contributed by atoms with E-state index in [4.69, 9.17) is 0 Å². The molecule has 1 amide bonds. The van der Waals surface area contributed by atoms with Gasteiger partial charge in [0.25, 0.3) is 5.69 Å². The standard InChI is InChI=1S/C10H9F3N2O3/c1-5-3-4-7(15(17)18)8(6(5)2)14-9(16)10(11,12)13/h3-4H,1-2H3,(H,14,16). The molecule has 1 aromatic rings. The summed E-state index contributed by atoms with van der Waals surface area (Å²) in [5.74, 6) is -2.24. The van der Waals surface area contributed by atoms with Gasteiger partial charge in [-0.05, 0) is 25.0 Å². The molecule has 0 unspecified atom stereocenters. The lowest BCUT2D eigenvalue weighted by atomic mass is 10.1. The van der Waals surface area contributed by atoms with Crippen LogP contribution in [0.2, 0.25) is 0 Å². The van der Waals surface area contributed by atoms with Gasteiger partial charge in [-0.1, -0.05) is 6.07 Å². The monoisotopic (exact) mass is 262 g/mol. The van der Waals surface area contributed by atoms with Crippen molar-refractivity contribution in [2.24, 2.45) is 0 Å². The van der Waals surface area contributed by atoms with Crippen molar-refractivity contribution >= 4 is 17.3 Å². The summed E-state index contributed by atoms with van der Waals surface area (Å²) in [6, 6.07) is 2.45. The molecule has 5 nitrogen and oxygen atoms in total. The second-order valence-electron chi connectivity index (χ2n) is 3.61. The molecule has 1 aromatic carbocycles. The fraction of sp³-hybridized carbons (Fsp3) is 0.300. The SMILES string of the molecule is Cc1ccc([N+](=O)[O-])c(NC(=O)C(F)(F)F)c1C. The highest BCUT2D eigenvalue weighted by Crippen LogP contribution is 2.31. The van der Waals surface area contributed by atoms with E-state index in [1.165, 1.54) is 18.3 Å². The number of amides is 1. The minimum Gasteiger partial charge on any atom is -0.312 e. The molecule has 1 N–H and O–H groups in total. The molecule has 0 aliphatic heterocycles. The molecule has 18 heavy (non-hydrogen) atoms. The van der Waals surface area contributed by atoms with Crippen LogP contribution in [0, 0.1) is 24.0 Å². The second kappa shape index (κ2) is 4.63. The number of anilines is 1. The van der Waals surface area contributed by atoms with E-state index >= 15 is 0 Å². The largest absolute Gasteiger partial charge is 0.471 e. The molecule has 98 valence electrons. The lowest BCUT2D eigenvalue weighted by molar-refractivity contribution is -0.384. The number of nitro benzene ring substituents is 1. The van der Waals surface area contributed by atoms with Gasteiger partial charge in [-0.3, -0.25) is 14.9 Å². The minimum atomic E-state index is -5.09. The summed E-state index contributed by atoms with van der Waals surface area (Å²) in [5, 5.41) is 12.2. The lowest BCUT2D eigenvalue weighted by Crippen LogP contribution is -2.30. The number of hydrogen-bond acceptors (Lipinski definition) is 3. The van der Waals surface area contributed by atoms with Crippen LogP contribution < -0.4 is 5.32 Å². The molecule has 0 radical (unpaired) electrons. The summed E-state index contributed by atoms with van der Waals surface area (Å²) >= 11 is 0. The molecule has 0 heterocycles. The predicted octanol–water partition coefficient (Wildman–Crippen LogP) is 2.71. The smallest absolute Gasteiger partial charge is 0.312 e. The molecule has 0 spiro atoms. The first kappa shape index (κ1) is 13.9. The van der Waals surface area contributed by atoms with Gasteiger partial charge in [-0.25, -0.2) is 0 Å². The van der Waals surface area contributed by atoms with Gasteiger partial charge in [-0.2, -0.15) is 13.2 Å². The molecule has 0 saturated heterocycles. The number of aryl methyl sites for hydroxylation is 1. The number of hydrogen-bond donors (Lipinski definition) is 1. The zero-order valence-corrected chi connectivity index (χ0v) is 9.46. The average molecular weight is 262 g/mol. The first-order chi connectivity index (χ1) is 8.14. The molecule has 0 bridgehead atoms. The Hall–Kier alpha value is -2.12. The minimum absolute atomic E-state index is 0.224. The van der Waals surface area contributed by atoms with Gasteiger partial charge in [0.1, 0.15) is 5.69 Å². The van der Waals surface area contributed by atoms with Crippen LogP contribution in [0.25, 0.3) is 0 Å². The van der Waals surface area contributed by atoms with Gasteiger partial charge in [-0.15, -0.1) is 0 Å². The first-order valence-electron chi connectivity index (χ1n) is 4.77. The van der Waals surface area contributed by atoms with Gasteiger partial charge in [0, 0.05) is 6.07 Å². The Balaban J connectivity index is 3.26. The topological polar surface area (TPSA) is 72.2 Å². The van der Waals surface area contributed by atoms with E-state index < -0.39 is 28.4 Å². The van der Waals surface area contributed by atoms with Gasteiger partial charge in [0.2, 0.25) is 0 Å². The Morgan fingerprint density at radius 2 is 1.89 bits per heavy atom. The maximum Gasteiger partial charge on any atom is 0.471 e. The molecule has 0 aliphatic carbocycles. The summed E-state index contributed by atoms with van der Waals surface area (Å²) in [7, 11) is 0. The molecule has 8 heteroatoms. The number of nitrogens with one attached hydrogen (secondary N) is 1.